The molecule has 0 radical (unpaired) electrons. The first kappa shape index (κ1) is 14.2. The van der Waals surface area contributed by atoms with Gasteiger partial charge in [-0.2, -0.15) is 0 Å². The van der Waals surface area contributed by atoms with Gasteiger partial charge in [0.05, 0.1) is 15.6 Å². The minimum absolute atomic E-state index is 0.366. The maximum absolute atomic E-state index is 12.2. The number of hydrogen-bond acceptors (Lipinski definition) is 2. The Bertz CT molecular complexity index is 653. The van der Waals surface area contributed by atoms with Gasteiger partial charge in [-0.1, -0.05) is 23.2 Å². The lowest BCUT2D eigenvalue weighted by Crippen LogP contribution is -2.24. The molecule has 1 N–H and O–H groups in total. The minimum Gasteiger partial charge on any atom is -0.456 e. The molecule has 0 aliphatic rings. The van der Waals surface area contributed by atoms with Crippen LogP contribution in [0.2, 0.25) is 10.0 Å². The van der Waals surface area contributed by atoms with Gasteiger partial charge >= 0.3 is 5.97 Å². The molecule has 2 aromatic rings. The van der Waals surface area contributed by atoms with Crippen LogP contribution in [0.15, 0.2) is 12.1 Å². The van der Waals surface area contributed by atoms with Crippen molar-refractivity contribution in [3.8, 4) is 0 Å². The Morgan fingerprint density at radius 2 is 1.79 bits per heavy atom. The average Bonchev–Trinajstić information content (AvgIpc) is 2.52. The Labute approximate surface area is 121 Å². The first-order chi connectivity index (χ1) is 8.69. The highest BCUT2D eigenvalue weighted by atomic mass is 35.5. The first-order valence-electron chi connectivity index (χ1n) is 5.90. The van der Waals surface area contributed by atoms with E-state index in [0.29, 0.717) is 15.6 Å². The van der Waals surface area contributed by atoms with Crippen molar-refractivity contribution in [2.24, 2.45) is 0 Å². The van der Waals surface area contributed by atoms with Gasteiger partial charge in [-0.05, 0) is 39.8 Å². The summed E-state index contributed by atoms with van der Waals surface area (Å²) in [5.41, 5.74) is 1.47. The predicted octanol–water partition coefficient (Wildman–Crippen LogP) is 4.74. The number of H-pyrrole nitrogens is 1. The van der Waals surface area contributed by atoms with Gasteiger partial charge < -0.3 is 9.72 Å². The third kappa shape index (κ3) is 2.88. The smallest absolute Gasteiger partial charge is 0.341 e. The van der Waals surface area contributed by atoms with Gasteiger partial charge in [0, 0.05) is 16.6 Å². The molecule has 0 fully saturated rings. The van der Waals surface area contributed by atoms with Crippen LogP contribution in [-0.4, -0.2) is 16.6 Å². The number of aromatic nitrogens is 1. The van der Waals surface area contributed by atoms with Crippen molar-refractivity contribution in [2.45, 2.75) is 33.3 Å². The average molecular weight is 300 g/mol. The second kappa shape index (κ2) is 4.73. The zero-order valence-electron chi connectivity index (χ0n) is 11.2. The number of fused-ring (bicyclic) bond motifs is 1. The van der Waals surface area contributed by atoms with E-state index < -0.39 is 5.60 Å². The van der Waals surface area contributed by atoms with E-state index in [4.69, 9.17) is 27.9 Å². The second-order valence-electron chi connectivity index (χ2n) is 5.44. The Hall–Kier alpha value is -1.19. The van der Waals surface area contributed by atoms with E-state index in [1.807, 2.05) is 27.7 Å². The quantitative estimate of drug-likeness (QED) is 0.773. The summed E-state index contributed by atoms with van der Waals surface area (Å²) in [5.74, 6) is -0.366. The van der Waals surface area contributed by atoms with Gasteiger partial charge in [0.2, 0.25) is 0 Å². The van der Waals surface area contributed by atoms with Gasteiger partial charge in [0.15, 0.2) is 0 Å². The SMILES string of the molecule is Cc1[nH]c2cc(Cl)c(Cl)cc2c1C(=O)OC(C)(C)C. The van der Waals surface area contributed by atoms with E-state index in [9.17, 15) is 4.79 Å². The molecule has 0 unspecified atom stereocenters. The molecule has 0 saturated carbocycles. The number of halogens is 2. The van der Waals surface area contributed by atoms with Gasteiger partial charge in [0.25, 0.3) is 0 Å². The van der Waals surface area contributed by atoms with Gasteiger partial charge in [-0.15, -0.1) is 0 Å². The fourth-order valence-corrected chi connectivity index (χ4v) is 2.24. The van der Waals surface area contributed by atoms with Crippen LogP contribution >= 0.6 is 23.2 Å². The molecule has 0 aliphatic heterocycles. The summed E-state index contributed by atoms with van der Waals surface area (Å²) in [6.45, 7) is 7.32. The van der Waals surface area contributed by atoms with E-state index in [1.54, 1.807) is 12.1 Å². The number of ether oxygens (including phenoxy) is 1. The lowest BCUT2D eigenvalue weighted by Gasteiger charge is -2.19. The Kier molecular flexibility index (Phi) is 3.54. The monoisotopic (exact) mass is 299 g/mol. The highest BCUT2D eigenvalue weighted by molar-refractivity contribution is 6.43. The van der Waals surface area contributed by atoms with E-state index in [0.717, 1.165) is 16.6 Å². The van der Waals surface area contributed by atoms with Crippen LogP contribution in [0.1, 0.15) is 36.8 Å². The van der Waals surface area contributed by atoms with Crippen molar-refractivity contribution >= 4 is 40.1 Å². The van der Waals surface area contributed by atoms with E-state index in [2.05, 4.69) is 4.98 Å². The fraction of sp³-hybridized carbons (Fsp3) is 0.357. The van der Waals surface area contributed by atoms with Gasteiger partial charge in [0.1, 0.15) is 5.60 Å². The summed E-state index contributed by atoms with van der Waals surface area (Å²) in [5, 5.41) is 1.59. The third-order valence-electron chi connectivity index (χ3n) is 2.63. The van der Waals surface area contributed by atoms with Crippen molar-refractivity contribution < 1.29 is 9.53 Å². The van der Waals surface area contributed by atoms with Crippen LogP contribution in [0.5, 0.6) is 0 Å². The number of aryl methyl sites for hydroxylation is 1. The summed E-state index contributed by atoms with van der Waals surface area (Å²) >= 11 is 12.0. The van der Waals surface area contributed by atoms with E-state index in [-0.39, 0.29) is 5.97 Å². The summed E-state index contributed by atoms with van der Waals surface area (Å²) in [6, 6.07) is 3.39. The molecule has 2 rings (SSSR count). The molecule has 0 saturated heterocycles. The van der Waals surface area contributed by atoms with Crippen molar-refractivity contribution in [3.63, 3.8) is 0 Å². The normalized spacial score (nSPS) is 11.9. The molecule has 19 heavy (non-hydrogen) atoms. The van der Waals surface area contributed by atoms with Gasteiger partial charge in [-0.3, -0.25) is 0 Å². The van der Waals surface area contributed by atoms with Crippen LogP contribution in [0.4, 0.5) is 0 Å². The van der Waals surface area contributed by atoms with Crippen molar-refractivity contribution in [2.75, 3.05) is 0 Å². The number of benzene rings is 1. The molecule has 0 aliphatic carbocycles. The molecule has 3 nitrogen and oxygen atoms in total. The largest absolute Gasteiger partial charge is 0.456 e. The molecule has 0 amide bonds. The molecular weight excluding hydrogens is 285 g/mol. The maximum atomic E-state index is 12.2. The summed E-state index contributed by atoms with van der Waals surface area (Å²) in [4.78, 5) is 15.4. The third-order valence-corrected chi connectivity index (χ3v) is 3.35. The molecule has 102 valence electrons. The van der Waals surface area contributed by atoms with Crippen LogP contribution in [0, 0.1) is 6.92 Å². The molecule has 0 spiro atoms. The summed E-state index contributed by atoms with van der Waals surface area (Å²) in [7, 11) is 0. The number of carbonyl (C=O) groups excluding carboxylic acids is 1. The summed E-state index contributed by atoms with van der Waals surface area (Å²) < 4.78 is 5.41. The topological polar surface area (TPSA) is 42.1 Å². The number of carbonyl (C=O) groups is 1. The maximum Gasteiger partial charge on any atom is 0.341 e. The molecule has 5 heteroatoms. The minimum atomic E-state index is -0.538. The Morgan fingerprint density at radius 3 is 2.37 bits per heavy atom. The Balaban J connectivity index is 2.57. The summed E-state index contributed by atoms with van der Waals surface area (Å²) in [6.07, 6.45) is 0. The molecule has 1 aromatic carbocycles. The lowest BCUT2D eigenvalue weighted by molar-refractivity contribution is 0.00711. The molecule has 1 heterocycles. The highest BCUT2D eigenvalue weighted by Gasteiger charge is 2.23. The van der Waals surface area contributed by atoms with Gasteiger partial charge in [-0.25, -0.2) is 4.79 Å². The van der Waals surface area contributed by atoms with Crippen LogP contribution in [0.3, 0.4) is 0 Å². The number of aromatic amines is 1. The number of nitrogens with one attached hydrogen (secondary N) is 1. The molecular formula is C14H15Cl2NO2. The predicted molar refractivity (Wildman–Crippen MR) is 78.2 cm³/mol. The standard InChI is InChI=1S/C14H15Cl2NO2/c1-7-12(13(18)19-14(2,3)4)8-5-9(15)10(16)6-11(8)17-7/h5-6,17H,1-4H3. The number of esters is 1. The number of rotatable bonds is 1. The molecule has 0 atom stereocenters. The Morgan fingerprint density at radius 1 is 1.21 bits per heavy atom. The lowest BCUT2D eigenvalue weighted by atomic mass is 10.1. The zero-order chi connectivity index (χ0) is 14.4. The fourth-order valence-electron chi connectivity index (χ4n) is 1.92. The second-order valence-corrected chi connectivity index (χ2v) is 6.25. The van der Waals surface area contributed by atoms with Crippen molar-refractivity contribution in [1.29, 1.82) is 0 Å². The number of hydrogen-bond donors (Lipinski definition) is 1. The van der Waals surface area contributed by atoms with Crippen LogP contribution < -0.4 is 0 Å². The molecule has 0 bridgehead atoms. The van der Waals surface area contributed by atoms with Crippen LogP contribution in [-0.2, 0) is 4.74 Å². The molecule has 1 aromatic heterocycles. The van der Waals surface area contributed by atoms with E-state index >= 15 is 0 Å². The zero-order valence-corrected chi connectivity index (χ0v) is 12.7. The van der Waals surface area contributed by atoms with Crippen LogP contribution in [0.25, 0.3) is 10.9 Å². The van der Waals surface area contributed by atoms with E-state index in [1.165, 1.54) is 0 Å². The first-order valence-corrected chi connectivity index (χ1v) is 6.65. The highest BCUT2D eigenvalue weighted by Crippen LogP contribution is 2.31. The van der Waals surface area contributed by atoms with Crippen molar-refractivity contribution in [3.05, 3.63) is 33.4 Å². The van der Waals surface area contributed by atoms with Crippen molar-refractivity contribution in [1.82, 2.24) is 4.98 Å².